The largest absolute Gasteiger partial charge is 0.391 e. The summed E-state index contributed by atoms with van der Waals surface area (Å²) in [6, 6.07) is 4.20. The Morgan fingerprint density at radius 2 is 2.17 bits per heavy atom. The molecule has 1 heterocycles. The molecule has 0 aliphatic rings. The smallest absolute Gasteiger partial charge is 0.257 e. The highest BCUT2D eigenvalue weighted by Gasteiger charge is 2.25. The Balaban J connectivity index is 2.34. The van der Waals surface area contributed by atoms with Gasteiger partial charge in [-0.15, -0.1) is 0 Å². The van der Waals surface area contributed by atoms with Crippen molar-refractivity contribution in [3.05, 3.63) is 40.4 Å². The third-order valence-corrected chi connectivity index (χ3v) is 3.85. The Bertz CT molecular complexity index is 695. The quantitative estimate of drug-likeness (QED) is 0.876. The minimum atomic E-state index is -0.681. The molecule has 0 radical (unpaired) electrons. The van der Waals surface area contributed by atoms with Crippen LogP contribution in [0.1, 0.15) is 30.0 Å². The number of halogens is 2. The first-order valence-corrected chi connectivity index (χ1v) is 7.57. The topological polar surface area (TPSA) is 75.4 Å². The van der Waals surface area contributed by atoms with Gasteiger partial charge in [0, 0.05) is 6.54 Å². The summed E-state index contributed by atoms with van der Waals surface area (Å²) >= 11 is 6.03. The van der Waals surface area contributed by atoms with Gasteiger partial charge in [0.1, 0.15) is 22.8 Å². The number of amides is 1. The summed E-state index contributed by atoms with van der Waals surface area (Å²) in [6.07, 6.45) is -0.681. The van der Waals surface area contributed by atoms with E-state index in [0.717, 1.165) is 0 Å². The molecule has 7 heteroatoms. The Hall–Kier alpha value is -1.92. The SMILES string of the molecule is Cc1onc(-c2c(F)cccc2Cl)c1C(=O)NCC(O)C(C)C. The van der Waals surface area contributed by atoms with E-state index in [1.54, 1.807) is 6.92 Å². The minimum Gasteiger partial charge on any atom is -0.391 e. The van der Waals surface area contributed by atoms with E-state index in [-0.39, 0.29) is 40.1 Å². The molecule has 124 valence electrons. The number of aliphatic hydroxyl groups excluding tert-OH is 1. The van der Waals surface area contributed by atoms with Crippen LogP contribution in [0.2, 0.25) is 5.02 Å². The summed E-state index contributed by atoms with van der Waals surface area (Å²) in [6.45, 7) is 5.31. The van der Waals surface area contributed by atoms with E-state index in [2.05, 4.69) is 10.5 Å². The average molecular weight is 341 g/mol. The molecule has 1 aromatic heterocycles. The standard InChI is InChI=1S/C16H18ClFN2O3/c1-8(2)12(21)7-19-16(22)13-9(3)23-20-15(13)14-10(17)5-4-6-11(14)18/h4-6,8,12,21H,7H2,1-3H3,(H,19,22). The lowest BCUT2D eigenvalue weighted by atomic mass is 10.0. The van der Waals surface area contributed by atoms with Gasteiger partial charge in [-0.1, -0.05) is 36.7 Å². The van der Waals surface area contributed by atoms with Gasteiger partial charge in [-0.3, -0.25) is 4.79 Å². The number of nitrogens with one attached hydrogen (secondary N) is 1. The van der Waals surface area contributed by atoms with Crippen LogP contribution in [-0.4, -0.2) is 28.8 Å². The molecule has 5 nitrogen and oxygen atoms in total. The highest BCUT2D eigenvalue weighted by molar-refractivity contribution is 6.33. The first kappa shape index (κ1) is 17.4. The molecule has 0 bridgehead atoms. The normalized spacial score (nSPS) is 12.5. The molecule has 0 spiro atoms. The van der Waals surface area contributed by atoms with Gasteiger partial charge in [-0.25, -0.2) is 4.39 Å². The molecule has 0 saturated heterocycles. The van der Waals surface area contributed by atoms with E-state index in [4.69, 9.17) is 16.1 Å². The Morgan fingerprint density at radius 1 is 1.48 bits per heavy atom. The van der Waals surface area contributed by atoms with E-state index < -0.39 is 17.8 Å². The fourth-order valence-electron chi connectivity index (χ4n) is 2.06. The number of carbonyl (C=O) groups excluding carboxylic acids is 1. The van der Waals surface area contributed by atoms with Crippen molar-refractivity contribution in [3.8, 4) is 11.3 Å². The lowest BCUT2D eigenvalue weighted by Gasteiger charge is -2.15. The molecule has 0 aliphatic heterocycles. The number of rotatable bonds is 5. The lowest BCUT2D eigenvalue weighted by molar-refractivity contribution is 0.0870. The molecular weight excluding hydrogens is 323 g/mol. The van der Waals surface area contributed by atoms with Crippen molar-refractivity contribution in [2.24, 2.45) is 5.92 Å². The number of hydrogen-bond acceptors (Lipinski definition) is 4. The van der Waals surface area contributed by atoms with Crippen molar-refractivity contribution in [1.82, 2.24) is 10.5 Å². The predicted molar refractivity (Wildman–Crippen MR) is 84.8 cm³/mol. The highest BCUT2D eigenvalue weighted by atomic mass is 35.5. The van der Waals surface area contributed by atoms with Crippen LogP contribution >= 0.6 is 11.6 Å². The molecule has 1 atom stereocenters. The third kappa shape index (κ3) is 3.71. The third-order valence-electron chi connectivity index (χ3n) is 3.53. The second kappa shape index (κ2) is 7.10. The van der Waals surface area contributed by atoms with Gasteiger partial charge >= 0.3 is 0 Å². The van der Waals surface area contributed by atoms with Crippen LogP contribution in [0.15, 0.2) is 22.7 Å². The van der Waals surface area contributed by atoms with E-state index in [0.29, 0.717) is 0 Å². The maximum absolute atomic E-state index is 14.1. The Kier molecular flexibility index (Phi) is 5.38. The van der Waals surface area contributed by atoms with E-state index in [1.807, 2.05) is 13.8 Å². The maximum Gasteiger partial charge on any atom is 0.257 e. The first-order valence-electron chi connectivity index (χ1n) is 7.19. The summed E-state index contributed by atoms with van der Waals surface area (Å²) in [5.74, 6) is -0.852. The van der Waals surface area contributed by atoms with Crippen LogP contribution in [0, 0.1) is 18.7 Å². The van der Waals surface area contributed by atoms with Crippen LogP contribution in [-0.2, 0) is 0 Å². The predicted octanol–water partition coefficient (Wildman–Crippen LogP) is 3.19. The first-order chi connectivity index (χ1) is 10.8. The molecular formula is C16H18ClFN2O3. The van der Waals surface area contributed by atoms with Crippen LogP contribution < -0.4 is 5.32 Å². The van der Waals surface area contributed by atoms with Gasteiger partial charge in [0.25, 0.3) is 5.91 Å². The number of nitrogens with zero attached hydrogens (tertiary/aromatic N) is 1. The van der Waals surface area contributed by atoms with Crippen molar-refractivity contribution < 1.29 is 18.8 Å². The van der Waals surface area contributed by atoms with Gasteiger partial charge in [-0.2, -0.15) is 0 Å². The molecule has 2 rings (SSSR count). The zero-order valence-electron chi connectivity index (χ0n) is 13.1. The van der Waals surface area contributed by atoms with Crippen molar-refractivity contribution in [2.45, 2.75) is 26.9 Å². The average Bonchev–Trinajstić information content (AvgIpc) is 2.85. The monoisotopic (exact) mass is 340 g/mol. The van der Waals surface area contributed by atoms with Gasteiger partial charge in [0.05, 0.1) is 16.7 Å². The van der Waals surface area contributed by atoms with E-state index in [1.165, 1.54) is 18.2 Å². The van der Waals surface area contributed by atoms with Crippen molar-refractivity contribution in [2.75, 3.05) is 6.54 Å². The summed E-state index contributed by atoms with van der Waals surface area (Å²) in [7, 11) is 0. The summed E-state index contributed by atoms with van der Waals surface area (Å²) in [5.41, 5.74) is 0.163. The summed E-state index contributed by atoms with van der Waals surface area (Å²) in [4.78, 5) is 12.4. The lowest BCUT2D eigenvalue weighted by Crippen LogP contribution is -2.35. The summed E-state index contributed by atoms with van der Waals surface area (Å²) in [5, 5.41) is 16.3. The van der Waals surface area contributed by atoms with Crippen molar-refractivity contribution >= 4 is 17.5 Å². The number of aromatic nitrogens is 1. The molecule has 2 N–H and O–H groups in total. The Morgan fingerprint density at radius 3 is 2.78 bits per heavy atom. The molecule has 0 saturated carbocycles. The zero-order chi connectivity index (χ0) is 17.1. The second-order valence-electron chi connectivity index (χ2n) is 5.58. The Labute approximate surface area is 138 Å². The number of carbonyl (C=O) groups is 1. The molecule has 1 unspecified atom stereocenters. The van der Waals surface area contributed by atoms with Crippen LogP contribution in [0.5, 0.6) is 0 Å². The van der Waals surface area contributed by atoms with Crippen LogP contribution in [0.4, 0.5) is 4.39 Å². The molecule has 2 aromatic rings. The fourth-order valence-corrected chi connectivity index (χ4v) is 2.31. The second-order valence-corrected chi connectivity index (χ2v) is 5.99. The van der Waals surface area contributed by atoms with Gasteiger partial charge in [-0.05, 0) is 25.0 Å². The maximum atomic E-state index is 14.1. The minimum absolute atomic E-state index is 0.000598. The molecule has 0 aliphatic carbocycles. The zero-order valence-corrected chi connectivity index (χ0v) is 13.8. The van der Waals surface area contributed by atoms with Crippen molar-refractivity contribution in [1.29, 1.82) is 0 Å². The van der Waals surface area contributed by atoms with Gasteiger partial charge < -0.3 is 14.9 Å². The molecule has 0 fully saturated rings. The highest BCUT2D eigenvalue weighted by Crippen LogP contribution is 2.33. The number of benzene rings is 1. The molecule has 1 aromatic carbocycles. The van der Waals surface area contributed by atoms with Crippen molar-refractivity contribution in [3.63, 3.8) is 0 Å². The fraction of sp³-hybridized carbons (Fsp3) is 0.375. The number of aryl methyl sites for hydroxylation is 1. The summed E-state index contributed by atoms with van der Waals surface area (Å²) < 4.78 is 19.1. The molecule has 1 amide bonds. The van der Waals surface area contributed by atoms with Gasteiger partial charge in [0.15, 0.2) is 0 Å². The molecule has 23 heavy (non-hydrogen) atoms. The van der Waals surface area contributed by atoms with Gasteiger partial charge in [0.2, 0.25) is 0 Å². The number of hydrogen-bond donors (Lipinski definition) is 2. The van der Waals surface area contributed by atoms with E-state index in [9.17, 15) is 14.3 Å². The van der Waals surface area contributed by atoms with Crippen LogP contribution in [0.25, 0.3) is 11.3 Å². The van der Waals surface area contributed by atoms with E-state index >= 15 is 0 Å². The van der Waals surface area contributed by atoms with Crippen LogP contribution in [0.3, 0.4) is 0 Å². The number of aliphatic hydroxyl groups is 1.